The highest BCUT2D eigenvalue weighted by Gasteiger charge is 2.87. The van der Waals surface area contributed by atoms with Crippen molar-refractivity contribution >= 4 is 16.4 Å². The van der Waals surface area contributed by atoms with Gasteiger partial charge in [-0.3, -0.25) is 9.35 Å². The lowest BCUT2D eigenvalue weighted by atomic mass is 9.40. The topological polar surface area (TPSA) is 257 Å². The molecule has 0 aromatic carbocycles. The van der Waals surface area contributed by atoms with Gasteiger partial charge in [0.05, 0.1) is 30.5 Å². The molecule has 0 aromatic rings. The summed E-state index contributed by atoms with van der Waals surface area (Å²) in [5, 5.41) is 68.2. The molecule has 8 rings (SSSR count). The molecule has 4 aliphatic carbocycles. The van der Waals surface area contributed by atoms with Gasteiger partial charge in [0.15, 0.2) is 18.2 Å². The molecular formula is C41H64O17S. The Morgan fingerprint density at radius 1 is 0.814 bits per heavy atom. The Kier molecular flexibility index (Phi) is 10.6. The van der Waals surface area contributed by atoms with Crippen LogP contribution in [0.25, 0.3) is 0 Å². The Morgan fingerprint density at radius 2 is 1.51 bits per heavy atom. The largest absolute Gasteiger partial charge is 0.453 e. The number of cyclic esters (lactones) is 1. The fraction of sp³-hybridized carbons (Fsp3) is 0.927. The first-order valence-electron chi connectivity index (χ1n) is 21.2. The Bertz CT molecular complexity index is 1820. The van der Waals surface area contributed by atoms with E-state index < -0.39 is 135 Å². The molecule has 4 aliphatic heterocycles. The van der Waals surface area contributed by atoms with Crippen molar-refractivity contribution in [3.8, 4) is 0 Å². The molecule has 0 aromatic heterocycles. The van der Waals surface area contributed by atoms with Gasteiger partial charge in [-0.05, 0) is 107 Å². The van der Waals surface area contributed by atoms with Crippen LogP contribution in [0.15, 0.2) is 11.6 Å². The van der Waals surface area contributed by atoms with Gasteiger partial charge in [-0.25, -0.2) is 4.18 Å². The molecule has 2 unspecified atom stereocenters. The van der Waals surface area contributed by atoms with Crippen molar-refractivity contribution in [1.29, 1.82) is 0 Å². The van der Waals surface area contributed by atoms with E-state index in [0.717, 1.165) is 18.4 Å². The van der Waals surface area contributed by atoms with Gasteiger partial charge in [0.25, 0.3) is 0 Å². The molecule has 17 nitrogen and oxygen atoms in total. The minimum Gasteiger partial charge on any atom is -0.453 e. The number of aliphatic hydroxyl groups excluding tert-OH is 5. The standard InChI is InChI=1S/C41H64O17S/c1-19-27(43)29(45)30(46)32(53-19)55-31-28(44)22(58-59(49,50)51)18-52-33(31)54-25-12-14-37(6)21-17-24(42)41-34(47)57-39(8,26-11-13-35(2,3)56-26)40(41,48)16-15-38(41,7)20(21)9-10-23(37)36(25,4)5/h17,19-20,22-33,42-46,48H,9-16,18H2,1-8H3,(H,49,50,51)/t19-,20?,22-,23?,24+,25+,26+,27-,28+,29+,30-,31-,32+,33+,37-,38+,39+,40+,41-/m1/s1. The van der Waals surface area contributed by atoms with Crippen LogP contribution in [0.2, 0.25) is 0 Å². The van der Waals surface area contributed by atoms with Crippen LogP contribution in [0.5, 0.6) is 0 Å². The lowest BCUT2D eigenvalue weighted by Crippen LogP contribution is -2.69. The molecule has 336 valence electrons. The third-order valence-corrected chi connectivity index (χ3v) is 17.4. The minimum atomic E-state index is -5.04. The van der Waals surface area contributed by atoms with Crippen LogP contribution in [-0.4, -0.2) is 147 Å². The molecule has 4 heterocycles. The molecule has 3 saturated carbocycles. The van der Waals surface area contributed by atoms with Crippen molar-refractivity contribution in [3.05, 3.63) is 11.6 Å². The molecule has 19 atom stereocenters. The van der Waals surface area contributed by atoms with Crippen molar-refractivity contribution in [3.63, 3.8) is 0 Å². The second-order valence-electron chi connectivity index (χ2n) is 20.7. The molecule has 4 saturated heterocycles. The van der Waals surface area contributed by atoms with Crippen molar-refractivity contribution in [2.24, 2.45) is 33.5 Å². The zero-order valence-electron chi connectivity index (χ0n) is 35.1. The molecular weight excluding hydrogens is 797 g/mol. The monoisotopic (exact) mass is 860 g/mol. The van der Waals surface area contributed by atoms with Crippen LogP contribution >= 0.6 is 0 Å². The van der Waals surface area contributed by atoms with Gasteiger partial charge in [-0.1, -0.05) is 39.3 Å². The summed E-state index contributed by atoms with van der Waals surface area (Å²) in [7, 11) is -5.04. The van der Waals surface area contributed by atoms with E-state index in [4.69, 9.17) is 28.4 Å². The number of hydrogen-bond acceptors (Lipinski definition) is 16. The van der Waals surface area contributed by atoms with E-state index in [0.29, 0.717) is 32.1 Å². The molecule has 7 N–H and O–H groups in total. The number of allylic oxidation sites excluding steroid dienone is 1. The lowest BCUT2D eigenvalue weighted by molar-refractivity contribution is -0.362. The number of rotatable bonds is 7. The van der Waals surface area contributed by atoms with Gasteiger partial charge >= 0.3 is 16.4 Å². The quantitative estimate of drug-likeness (QED) is 0.0827. The van der Waals surface area contributed by atoms with Crippen LogP contribution in [0.4, 0.5) is 0 Å². The van der Waals surface area contributed by atoms with Crippen LogP contribution in [-0.2, 0) is 47.8 Å². The summed E-state index contributed by atoms with van der Waals surface area (Å²) in [5.41, 5.74) is -5.89. The van der Waals surface area contributed by atoms with Gasteiger partial charge in [-0.2, -0.15) is 8.42 Å². The van der Waals surface area contributed by atoms with Crippen molar-refractivity contribution in [2.45, 2.75) is 197 Å². The predicted octanol–water partition coefficient (Wildman–Crippen LogP) is 1.43. The maximum atomic E-state index is 14.5. The summed E-state index contributed by atoms with van der Waals surface area (Å²) in [4.78, 5) is 14.5. The lowest BCUT2D eigenvalue weighted by Gasteiger charge is -2.64. The minimum absolute atomic E-state index is 0.0271. The van der Waals surface area contributed by atoms with Gasteiger partial charge in [0, 0.05) is 0 Å². The summed E-state index contributed by atoms with van der Waals surface area (Å²) < 4.78 is 74.3. The summed E-state index contributed by atoms with van der Waals surface area (Å²) in [6.45, 7) is 15.1. The van der Waals surface area contributed by atoms with E-state index in [-0.39, 0.29) is 18.3 Å². The van der Waals surface area contributed by atoms with Crippen LogP contribution < -0.4 is 0 Å². The number of fused-ring (bicyclic) bond motifs is 4. The van der Waals surface area contributed by atoms with E-state index in [9.17, 15) is 48.4 Å². The first-order valence-corrected chi connectivity index (χ1v) is 22.5. The molecule has 1 spiro atoms. The highest BCUT2D eigenvalue weighted by Crippen LogP contribution is 2.77. The molecule has 0 radical (unpaired) electrons. The number of carbonyl (C=O) groups is 1. The number of esters is 1. The first-order chi connectivity index (χ1) is 27.2. The molecule has 0 bridgehead atoms. The van der Waals surface area contributed by atoms with E-state index in [2.05, 4.69) is 25.0 Å². The zero-order chi connectivity index (χ0) is 43.3. The average molecular weight is 861 g/mol. The highest BCUT2D eigenvalue weighted by atomic mass is 32.3. The second-order valence-corrected chi connectivity index (χ2v) is 21.7. The number of hydrogen-bond donors (Lipinski definition) is 7. The highest BCUT2D eigenvalue weighted by molar-refractivity contribution is 7.80. The summed E-state index contributed by atoms with van der Waals surface area (Å²) >= 11 is 0. The second kappa shape index (κ2) is 14.1. The first kappa shape index (κ1) is 44.3. The molecule has 59 heavy (non-hydrogen) atoms. The maximum absolute atomic E-state index is 14.5. The van der Waals surface area contributed by atoms with Gasteiger partial charge in [0.1, 0.15) is 53.7 Å². The Balaban J connectivity index is 1.07. The van der Waals surface area contributed by atoms with E-state index in [1.807, 2.05) is 26.8 Å². The molecule has 7 fully saturated rings. The number of carbonyl (C=O) groups excluding carboxylic acids is 1. The van der Waals surface area contributed by atoms with Crippen molar-refractivity contribution in [2.75, 3.05) is 6.61 Å². The normalized spacial score (nSPS) is 54.1. The van der Waals surface area contributed by atoms with Crippen molar-refractivity contribution < 1.29 is 81.0 Å². The third-order valence-electron chi connectivity index (χ3n) is 16.9. The average Bonchev–Trinajstić information content (AvgIpc) is 3.70. The zero-order valence-corrected chi connectivity index (χ0v) is 36.0. The SMILES string of the molecule is C[C@H]1O[C@@H](O[C@H]2[C@H](O[C@H]3CC[C@]4(C)C5=C[C@H](O)[C@]67C(=O)O[C@@](C)([C@@H]8CCC(C)(C)O8)[C@@]6(O)CC[C@@]7(C)C5CCC4C3(C)C)OC[C@@H](OS(=O)(=O)O)[C@@H]2O)[C@H](O)[C@@H](O)[C@@H]1O. The molecule has 0 amide bonds. The van der Waals surface area contributed by atoms with Gasteiger partial charge < -0.3 is 59.1 Å². The van der Waals surface area contributed by atoms with Crippen LogP contribution in [0.1, 0.15) is 107 Å². The van der Waals surface area contributed by atoms with Gasteiger partial charge in [0.2, 0.25) is 0 Å². The third kappa shape index (κ3) is 6.16. The Morgan fingerprint density at radius 3 is 2.15 bits per heavy atom. The molecule has 8 aliphatic rings. The van der Waals surface area contributed by atoms with E-state index >= 15 is 0 Å². The predicted molar refractivity (Wildman–Crippen MR) is 203 cm³/mol. The van der Waals surface area contributed by atoms with Crippen molar-refractivity contribution in [1.82, 2.24) is 0 Å². The van der Waals surface area contributed by atoms with E-state index in [1.54, 1.807) is 6.92 Å². The Hall–Kier alpha value is -1.36. The summed E-state index contributed by atoms with van der Waals surface area (Å²) in [6.07, 6.45) is -9.75. The van der Waals surface area contributed by atoms with Crippen LogP contribution in [0.3, 0.4) is 0 Å². The summed E-state index contributed by atoms with van der Waals surface area (Å²) in [5.74, 6) is -0.746. The van der Waals surface area contributed by atoms with Gasteiger partial charge in [-0.15, -0.1) is 0 Å². The number of aliphatic hydroxyl groups is 6. The number of ether oxygens (including phenoxy) is 6. The van der Waals surface area contributed by atoms with Crippen LogP contribution in [0, 0.1) is 33.5 Å². The molecule has 18 heteroatoms. The summed E-state index contributed by atoms with van der Waals surface area (Å²) in [6, 6.07) is 0. The Labute approximate surface area is 345 Å². The smallest absolute Gasteiger partial charge is 0.397 e. The maximum Gasteiger partial charge on any atom is 0.397 e. The fourth-order valence-electron chi connectivity index (χ4n) is 13.7. The van der Waals surface area contributed by atoms with E-state index in [1.165, 1.54) is 6.92 Å². The fourth-order valence-corrected chi connectivity index (χ4v) is 14.2.